The van der Waals surface area contributed by atoms with Crippen LogP contribution in [0, 0.1) is 17.8 Å². The van der Waals surface area contributed by atoms with Crippen molar-refractivity contribution < 1.29 is 14.3 Å². The summed E-state index contributed by atoms with van der Waals surface area (Å²) in [5.41, 5.74) is 0.915. The molecule has 1 aromatic carbocycles. The molecule has 0 bridgehead atoms. The van der Waals surface area contributed by atoms with Crippen LogP contribution >= 0.6 is 0 Å². The third-order valence-electron chi connectivity index (χ3n) is 5.35. The van der Waals surface area contributed by atoms with Crippen LogP contribution in [-0.4, -0.2) is 31.1 Å². The van der Waals surface area contributed by atoms with Crippen LogP contribution in [0.25, 0.3) is 0 Å². The Morgan fingerprint density at radius 2 is 2.04 bits per heavy atom. The van der Waals surface area contributed by atoms with Crippen molar-refractivity contribution in [3.8, 4) is 0 Å². The Morgan fingerprint density at radius 1 is 1.33 bits per heavy atom. The number of carbonyl (C=O) groups excluding carboxylic acids is 2. The first-order valence-corrected chi connectivity index (χ1v) is 8.67. The Morgan fingerprint density at radius 3 is 2.62 bits per heavy atom. The molecule has 2 fully saturated rings. The van der Waals surface area contributed by atoms with Crippen molar-refractivity contribution >= 4 is 17.5 Å². The topological polar surface area (TPSA) is 67.4 Å². The van der Waals surface area contributed by atoms with Crippen LogP contribution in [0.2, 0.25) is 0 Å². The fourth-order valence-electron chi connectivity index (χ4n) is 3.10. The predicted octanol–water partition coefficient (Wildman–Crippen LogP) is 2.83. The first-order valence-electron chi connectivity index (χ1n) is 8.67. The number of ether oxygens (including phenoxy) is 1. The van der Waals surface area contributed by atoms with E-state index in [1.807, 2.05) is 13.0 Å². The number of hydrogen-bond donors (Lipinski definition) is 2. The highest BCUT2D eigenvalue weighted by atomic mass is 16.5. The van der Waals surface area contributed by atoms with Crippen molar-refractivity contribution in [2.75, 3.05) is 19.0 Å². The molecule has 0 aliphatic heterocycles. The van der Waals surface area contributed by atoms with Crippen LogP contribution in [0.15, 0.2) is 24.3 Å². The van der Waals surface area contributed by atoms with Gasteiger partial charge < -0.3 is 15.4 Å². The van der Waals surface area contributed by atoms with Crippen molar-refractivity contribution in [2.45, 2.75) is 38.7 Å². The lowest BCUT2D eigenvalue weighted by molar-refractivity contribution is -0.117. The number of benzene rings is 1. The van der Waals surface area contributed by atoms with E-state index >= 15 is 0 Å². The van der Waals surface area contributed by atoms with Crippen LogP contribution < -0.4 is 10.6 Å². The molecule has 2 saturated carbocycles. The van der Waals surface area contributed by atoms with Gasteiger partial charge in [-0.3, -0.25) is 9.59 Å². The Labute approximate surface area is 143 Å². The van der Waals surface area contributed by atoms with Gasteiger partial charge in [0.05, 0.1) is 5.60 Å². The fraction of sp³-hybridized carbons (Fsp3) is 0.579. The van der Waals surface area contributed by atoms with Crippen molar-refractivity contribution in [3.05, 3.63) is 29.8 Å². The van der Waals surface area contributed by atoms with E-state index in [1.54, 1.807) is 25.3 Å². The minimum Gasteiger partial charge on any atom is -0.376 e. The van der Waals surface area contributed by atoms with Gasteiger partial charge >= 0.3 is 0 Å². The smallest absolute Gasteiger partial charge is 0.251 e. The zero-order valence-electron chi connectivity index (χ0n) is 14.6. The quantitative estimate of drug-likeness (QED) is 0.808. The maximum Gasteiger partial charge on any atom is 0.251 e. The second kappa shape index (κ2) is 6.55. The second-order valence-corrected chi connectivity index (χ2v) is 7.36. The largest absolute Gasteiger partial charge is 0.376 e. The van der Waals surface area contributed by atoms with E-state index in [0.29, 0.717) is 29.6 Å². The standard InChI is InChI=1S/C19H26N2O3/c1-12-9-16(12)18(23)21-15-6-4-5-13(10-15)17(22)20-11-19(2,24-3)14-7-8-14/h4-6,10,12,14,16H,7-9,11H2,1-3H3,(H,20,22)(H,21,23)/t12-,16+,19-/m1/s1. The fourth-order valence-corrected chi connectivity index (χ4v) is 3.10. The lowest BCUT2D eigenvalue weighted by Crippen LogP contribution is -2.43. The molecule has 5 nitrogen and oxygen atoms in total. The van der Waals surface area contributed by atoms with Crippen molar-refractivity contribution in [1.82, 2.24) is 5.32 Å². The molecule has 2 amide bonds. The molecule has 1 aromatic rings. The normalized spacial score (nSPS) is 24.8. The molecule has 0 radical (unpaired) electrons. The molecular formula is C19H26N2O3. The minimum atomic E-state index is -0.302. The Bertz CT molecular complexity index is 641. The third kappa shape index (κ3) is 3.78. The summed E-state index contributed by atoms with van der Waals surface area (Å²) in [6, 6.07) is 7.08. The number of anilines is 1. The highest BCUT2D eigenvalue weighted by Crippen LogP contribution is 2.41. The molecule has 2 N–H and O–H groups in total. The summed E-state index contributed by atoms with van der Waals surface area (Å²) < 4.78 is 5.60. The van der Waals surface area contributed by atoms with Crippen LogP contribution in [-0.2, 0) is 9.53 Å². The summed E-state index contributed by atoms with van der Waals surface area (Å²) in [7, 11) is 1.69. The molecule has 3 atom stereocenters. The van der Waals surface area contributed by atoms with E-state index < -0.39 is 0 Å². The van der Waals surface area contributed by atoms with Crippen LogP contribution in [0.4, 0.5) is 5.69 Å². The highest BCUT2D eigenvalue weighted by Gasteiger charge is 2.42. The SMILES string of the molecule is CO[C@](C)(CNC(=O)c1cccc(NC(=O)[C@H]2C[C@H]2C)c1)C1CC1. The van der Waals surface area contributed by atoms with E-state index in [9.17, 15) is 9.59 Å². The highest BCUT2D eigenvalue weighted by molar-refractivity contribution is 5.98. The van der Waals surface area contributed by atoms with E-state index in [0.717, 1.165) is 19.3 Å². The van der Waals surface area contributed by atoms with Crippen LogP contribution in [0.1, 0.15) is 43.5 Å². The third-order valence-corrected chi connectivity index (χ3v) is 5.35. The molecule has 2 aliphatic rings. The number of hydrogen-bond acceptors (Lipinski definition) is 3. The van der Waals surface area contributed by atoms with Gasteiger partial charge in [0.15, 0.2) is 0 Å². The lowest BCUT2D eigenvalue weighted by Gasteiger charge is -2.28. The van der Waals surface area contributed by atoms with Crippen LogP contribution in [0.5, 0.6) is 0 Å². The number of nitrogens with one attached hydrogen (secondary N) is 2. The summed E-state index contributed by atoms with van der Waals surface area (Å²) in [5.74, 6) is 0.999. The average Bonchev–Trinajstić information content (AvgIpc) is 3.47. The maximum atomic E-state index is 12.4. The summed E-state index contributed by atoms with van der Waals surface area (Å²) in [5, 5.41) is 5.86. The summed E-state index contributed by atoms with van der Waals surface area (Å²) in [4.78, 5) is 24.4. The van der Waals surface area contributed by atoms with E-state index in [2.05, 4.69) is 17.6 Å². The first-order chi connectivity index (χ1) is 11.4. The zero-order valence-corrected chi connectivity index (χ0v) is 14.6. The molecule has 24 heavy (non-hydrogen) atoms. The van der Waals surface area contributed by atoms with Crippen LogP contribution in [0.3, 0.4) is 0 Å². The van der Waals surface area contributed by atoms with Gasteiger partial charge in [-0.2, -0.15) is 0 Å². The number of carbonyl (C=O) groups is 2. The Hall–Kier alpha value is -1.88. The zero-order chi connectivity index (χ0) is 17.3. The van der Waals surface area contributed by atoms with Crippen molar-refractivity contribution in [1.29, 1.82) is 0 Å². The van der Waals surface area contributed by atoms with Gasteiger partial charge in [-0.25, -0.2) is 0 Å². The molecule has 5 heteroatoms. The molecule has 0 unspecified atom stereocenters. The van der Waals surface area contributed by atoms with E-state index in [-0.39, 0.29) is 23.3 Å². The van der Waals surface area contributed by atoms with E-state index in [1.165, 1.54) is 0 Å². The van der Waals surface area contributed by atoms with Gasteiger partial charge in [0.1, 0.15) is 0 Å². The maximum absolute atomic E-state index is 12.4. The van der Waals surface area contributed by atoms with E-state index in [4.69, 9.17) is 4.74 Å². The minimum absolute atomic E-state index is 0.0424. The molecule has 0 heterocycles. The number of amides is 2. The van der Waals surface area contributed by atoms with Gasteiger partial charge in [-0.1, -0.05) is 13.0 Å². The summed E-state index contributed by atoms with van der Waals surface area (Å²) in [6.45, 7) is 4.60. The van der Waals surface area contributed by atoms with Gasteiger partial charge in [-0.15, -0.1) is 0 Å². The number of methoxy groups -OCH3 is 1. The summed E-state index contributed by atoms with van der Waals surface area (Å²) >= 11 is 0. The Kier molecular flexibility index (Phi) is 4.63. The monoisotopic (exact) mass is 330 g/mol. The molecule has 0 aromatic heterocycles. The van der Waals surface area contributed by atoms with Crippen molar-refractivity contribution in [2.24, 2.45) is 17.8 Å². The van der Waals surface area contributed by atoms with Crippen molar-refractivity contribution in [3.63, 3.8) is 0 Å². The first kappa shape index (κ1) is 17.0. The molecular weight excluding hydrogens is 304 g/mol. The van der Waals surface area contributed by atoms with Gasteiger partial charge in [-0.05, 0) is 56.2 Å². The molecule has 0 saturated heterocycles. The van der Waals surface area contributed by atoms with Gasteiger partial charge in [0, 0.05) is 30.8 Å². The molecule has 0 spiro atoms. The second-order valence-electron chi connectivity index (χ2n) is 7.36. The molecule has 3 rings (SSSR count). The lowest BCUT2D eigenvalue weighted by atomic mass is 10.00. The Balaban J connectivity index is 1.58. The van der Waals surface area contributed by atoms with Gasteiger partial charge in [0.25, 0.3) is 5.91 Å². The molecule has 2 aliphatic carbocycles. The number of rotatable bonds is 7. The summed E-state index contributed by atoms with van der Waals surface area (Å²) in [6.07, 6.45) is 3.26. The predicted molar refractivity (Wildman–Crippen MR) is 92.8 cm³/mol. The average molecular weight is 330 g/mol. The molecule has 130 valence electrons. The van der Waals surface area contributed by atoms with Gasteiger partial charge in [0.2, 0.25) is 5.91 Å².